The number of carbonyl (C=O) groups excluding carboxylic acids is 1. The lowest BCUT2D eigenvalue weighted by Crippen LogP contribution is -2.25. The van der Waals surface area contributed by atoms with Crippen LogP contribution in [0.15, 0.2) is 41.4 Å². The van der Waals surface area contributed by atoms with Gasteiger partial charge in [0.05, 0.1) is 18.5 Å². The molecule has 4 heterocycles. The van der Waals surface area contributed by atoms with Crippen molar-refractivity contribution < 1.29 is 9.21 Å². The first kappa shape index (κ1) is 15.3. The molecule has 1 atom stereocenters. The lowest BCUT2D eigenvalue weighted by atomic mass is 9.89. The van der Waals surface area contributed by atoms with Gasteiger partial charge in [-0.2, -0.15) is 5.10 Å². The Labute approximate surface area is 150 Å². The minimum Gasteiger partial charge on any atom is -0.461 e. The van der Waals surface area contributed by atoms with E-state index >= 15 is 0 Å². The summed E-state index contributed by atoms with van der Waals surface area (Å²) in [5, 5.41) is 7.62. The Morgan fingerprint density at radius 3 is 2.69 bits per heavy atom. The zero-order valence-electron chi connectivity index (χ0n) is 14.3. The fourth-order valence-electron chi connectivity index (χ4n) is 4.01. The molecule has 0 saturated heterocycles. The Morgan fingerprint density at radius 2 is 1.96 bits per heavy atom. The minimum absolute atomic E-state index is 0.0114. The third-order valence-electron chi connectivity index (χ3n) is 5.33. The van der Waals surface area contributed by atoms with Gasteiger partial charge in [0.15, 0.2) is 11.6 Å². The summed E-state index contributed by atoms with van der Waals surface area (Å²) in [6.07, 6.45) is 12.1. The fourth-order valence-corrected chi connectivity index (χ4v) is 4.01. The third kappa shape index (κ3) is 2.51. The number of hydrogen-bond acceptors (Lipinski definition) is 5. The van der Waals surface area contributed by atoms with Crippen LogP contribution >= 0.6 is 0 Å². The lowest BCUT2D eigenvalue weighted by molar-refractivity contribution is -0.116. The largest absolute Gasteiger partial charge is 0.461 e. The van der Waals surface area contributed by atoms with Crippen molar-refractivity contribution in [1.29, 1.82) is 0 Å². The molecule has 1 saturated carbocycles. The maximum Gasteiger partial charge on any atom is 0.226 e. The second-order valence-corrected chi connectivity index (χ2v) is 6.95. The SMILES string of the molecule is O=C1CC(c2cnc(-c3ccco3)nc2)c2cnn(C3CCCC3)c2N1. The number of carbonyl (C=O) groups is 1. The Balaban J connectivity index is 1.49. The van der Waals surface area contributed by atoms with Crippen molar-refractivity contribution >= 4 is 11.7 Å². The molecular formula is C19H19N5O2. The van der Waals surface area contributed by atoms with Gasteiger partial charge in [-0.15, -0.1) is 0 Å². The van der Waals surface area contributed by atoms with Crippen LogP contribution < -0.4 is 5.32 Å². The molecule has 2 aliphatic rings. The molecule has 3 aromatic heterocycles. The average molecular weight is 349 g/mol. The summed E-state index contributed by atoms with van der Waals surface area (Å²) >= 11 is 0. The standard InChI is InChI=1S/C19H19N5O2/c25-17-8-14(12-9-20-18(21-10-12)16-6-3-7-26-16)15-11-22-24(19(15)23-17)13-4-1-2-5-13/h3,6-7,9-11,13-14H,1-2,4-5,8H2,(H,23,25). The molecule has 0 radical (unpaired) electrons. The Morgan fingerprint density at radius 1 is 1.15 bits per heavy atom. The second kappa shape index (κ2) is 6.09. The molecule has 1 amide bonds. The van der Waals surface area contributed by atoms with E-state index < -0.39 is 0 Å². The molecule has 7 heteroatoms. The van der Waals surface area contributed by atoms with E-state index in [0.717, 1.165) is 29.8 Å². The molecule has 1 aliphatic carbocycles. The van der Waals surface area contributed by atoms with Crippen LogP contribution in [-0.2, 0) is 4.79 Å². The first-order chi connectivity index (χ1) is 12.8. The Kier molecular flexibility index (Phi) is 3.58. The van der Waals surface area contributed by atoms with Gasteiger partial charge in [-0.1, -0.05) is 12.8 Å². The van der Waals surface area contributed by atoms with Crippen molar-refractivity contribution in [1.82, 2.24) is 19.7 Å². The molecule has 1 fully saturated rings. The first-order valence-corrected chi connectivity index (χ1v) is 9.02. The van der Waals surface area contributed by atoms with E-state index in [-0.39, 0.29) is 11.8 Å². The molecular weight excluding hydrogens is 330 g/mol. The Bertz CT molecular complexity index is 924. The summed E-state index contributed by atoms with van der Waals surface area (Å²) in [5.74, 6) is 1.96. The van der Waals surface area contributed by atoms with Gasteiger partial charge in [0, 0.05) is 30.3 Å². The molecule has 3 aromatic rings. The van der Waals surface area contributed by atoms with Gasteiger partial charge in [-0.3, -0.25) is 4.79 Å². The summed E-state index contributed by atoms with van der Waals surface area (Å²) in [5.41, 5.74) is 1.97. The highest BCUT2D eigenvalue weighted by Gasteiger charge is 2.32. The molecule has 1 N–H and O–H groups in total. The normalized spacial score (nSPS) is 20.2. The smallest absolute Gasteiger partial charge is 0.226 e. The number of hydrogen-bond donors (Lipinski definition) is 1. The van der Waals surface area contributed by atoms with Crippen LogP contribution in [0, 0.1) is 0 Å². The van der Waals surface area contributed by atoms with Gasteiger partial charge in [0.2, 0.25) is 5.91 Å². The average Bonchev–Trinajstić information content (AvgIpc) is 3.41. The number of aromatic nitrogens is 4. The second-order valence-electron chi connectivity index (χ2n) is 6.95. The van der Waals surface area contributed by atoms with Gasteiger partial charge < -0.3 is 9.73 Å². The Hall–Kier alpha value is -2.96. The topological polar surface area (TPSA) is 85.8 Å². The van der Waals surface area contributed by atoms with Crippen LogP contribution in [0.4, 0.5) is 5.82 Å². The summed E-state index contributed by atoms with van der Waals surface area (Å²) in [7, 11) is 0. The predicted octanol–water partition coefficient (Wildman–Crippen LogP) is 3.52. The summed E-state index contributed by atoms with van der Waals surface area (Å²) < 4.78 is 7.34. The number of furan rings is 1. The predicted molar refractivity (Wildman–Crippen MR) is 94.6 cm³/mol. The van der Waals surface area contributed by atoms with E-state index in [4.69, 9.17) is 4.42 Å². The molecule has 0 aromatic carbocycles. The third-order valence-corrected chi connectivity index (χ3v) is 5.33. The molecule has 5 rings (SSSR count). The highest BCUT2D eigenvalue weighted by molar-refractivity contribution is 5.94. The van der Waals surface area contributed by atoms with Crippen molar-refractivity contribution in [2.24, 2.45) is 0 Å². The van der Waals surface area contributed by atoms with Crippen LogP contribution in [0.2, 0.25) is 0 Å². The van der Waals surface area contributed by atoms with Gasteiger partial charge >= 0.3 is 0 Å². The highest BCUT2D eigenvalue weighted by atomic mass is 16.3. The number of nitrogens with zero attached hydrogens (tertiary/aromatic N) is 4. The number of nitrogens with one attached hydrogen (secondary N) is 1. The van der Waals surface area contributed by atoms with Crippen LogP contribution in [0.25, 0.3) is 11.6 Å². The zero-order chi connectivity index (χ0) is 17.5. The molecule has 1 aliphatic heterocycles. The van der Waals surface area contributed by atoms with Gasteiger partial charge in [0.1, 0.15) is 5.82 Å². The highest BCUT2D eigenvalue weighted by Crippen LogP contribution is 2.40. The van der Waals surface area contributed by atoms with E-state index in [1.165, 1.54) is 12.8 Å². The molecule has 26 heavy (non-hydrogen) atoms. The van der Waals surface area contributed by atoms with Crippen LogP contribution in [0.1, 0.15) is 55.2 Å². The van der Waals surface area contributed by atoms with Gasteiger partial charge in [-0.05, 0) is 30.5 Å². The van der Waals surface area contributed by atoms with Gasteiger partial charge in [-0.25, -0.2) is 14.6 Å². The first-order valence-electron chi connectivity index (χ1n) is 9.02. The minimum atomic E-state index is -0.0699. The lowest BCUT2D eigenvalue weighted by Gasteiger charge is -2.24. The molecule has 7 nitrogen and oxygen atoms in total. The van der Waals surface area contributed by atoms with E-state index in [2.05, 4.69) is 20.4 Å². The van der Waals surface area contributed by atoms with E-state index in [9.17, 15) is 4.79 Å². The van der Waals surface area contributed by atoms with Crippen LogP contribution in [0.5, 0.6) is 0 Å². The quantitative estimate of drug-likeness (QED) is 0.782. The molecule has 0 bridgehead atoms. The monoisotopic (exact) mass is 349 g/mol. The maximum atomic E-state index is 12.3. The molecule has 1 unspecified atom stereocenters. The van der Waals surface area contributed by atoms with Crippen molar-refractivity contribution in [2.75, 3.05) is 5.32 Å². The maximum absolute atomic E-state index is 12.3. The fraction of sp³-hybridized carbons (Fsp3) is 0.368. The number of amides is 1. The van der Waals surface area contributed by atoms with Gasteiger partial charge in [0.25, 0.3) is 0 Å². The zero-order valence-corrected chi connectivity index (χ0v) is 14.3. The van der Waals surface area contributed by atoms with Crippen LogP contribution in [-0.4, -0.2) is 25.7 Å². The van der Waals surface area contributed by atoms with E-state index in [1.807, 2.05) is 23.0 Å². The van der Waals surface area contributed by atoms with E-state index in [0.29, 0.717) is 24.0 Å². The molecule has 132 valence electrons. The van der Waals surface area contributed by atoms with Crippen LogP contribution in [0.3, 0.4) is 0 Å². The summed E-state index contributed by atoms with van der Waals surface area (Å²) in [6.45, 7) is 0. The van der Waals surface area contributed by atoms with Crippen molar-refractivity contribution in [2.45, 2.75) is 44.1 Å². The van der Waals surface area contributed by atoms with Crippen molar-refractivity contribution in [3.63, 3.8) is 0 Å². The summed E-state index contributed by atoms with van der Waals surface area (Å²) in [4.78, 5) is 21.1. The number of fused-ring (bicyclic) bond motifs is 1. The number of rotatable bonds is 3. The molecule has 0 spiro atoms. The number of anilines is 1. The van der Waals surface area contributed by atoms with Crippen molar-refractivity contribution in [3.05, 3.63) is 48.1 Å². The van der Waals surface area contributed by atoms with E-state index in [1.54, 1.807) is 18.7 Å². The van der Waals surface area contributed by atoms with Crippen molar-refractivity contribution in [3.8, 4) is 11.6 Å². The summed E-state index contributed by atoms with van der Waals surface area (Å²) in [6, 6.07) is 4.02.